The van der Waals surface area contributed by atoms with Crippen molar-refractivity contribution in [2.45, 2.75) is 57.5 Å². The first-order chi connectivity index (χ1) is 15.6. The maximum absolute atomic E-state index is 13.2. The van der Waals surface area contributed by atoms with Crippen LogP contribution < -0.4 is 10.1 Å². The minimum Gasteiger partial charge on any atom is -0.491 e. The van der Waals surface area contributed by atoms with Gasteiger partial charge in [-0.1, -0.05) is 44.2 Å². The van der Waals surface area contributed by atoms with E-state index in [0.717, 1.165) is 50.1 Å². The highest BCUT2D eigenvalue weighted by Crippen LogP contribution is 2.48. The Morgan fingerprint density at radius 3 is 2.62 bits per heavy atom. The summed E-state index contributed by atoms with van der Waals surface area (Å²) in [6.45, 7) is 6.93. The second-order valence-corrected chi connectivity index (χ2v) is 8.78. The van der Waals surface area contributed by atoms with Gasteiger partial charge in [-0.2, -0.15) is 0 Å². The molecule has 5 heteroatoms. The zero-order valence-corrected chi connectivity index (χ0v) is 19.1. The zero-order valence-electron chi connectivity index (χ0n) is 19.1. The lowest BCUT2D eigenvalue weighted by Gasteiger charge is -2.27. The summed E-state index contributed by atoms with van der Waals surface area (Å²) in [5, 5.41) is 3.33. The van der Waals surface area contributed by atoms with Gasteiger partial charge in [0.05, 0.1) is 23.7 Å². The third-order valence-electron chi connectivity index (χ3n) is 6.88. The van der Waals surface area contributed by atoms with Crippen molar-refractivity contribution < 1.29 is 19.1 Å². The van der Waals surface area contributed by atoms with Crippen molar-refractivity contribution in [1.82, 2.24) is 5.32 Å². The van der Waals surface area contributed by atoms with E-state index in [9.17, 15) is 9.59 Å². The van der Waals surface area contributed by atoms with Gasteiger partial charge < -0.3 is 14.8 Å². The summed E-state index contributed by atoms with van der Waals surface area (Å²) in [4.78, 5) is 26.0. The number of ether oxygens (including phenoxy) is 2. The molecule has 0 bridgehead atoms. The Bertz CT molecular complexity index is 965. The minimum absolute atomic E-state index is 0.0116. The lowest BCUT2D eigenvalue weighted by Crippen LogP contribution is -2.38. The number of carbonyl (C=O) groups excluding carboxylic acids is 2. The van der Waals surface area contributed by atoms with Crippen LogP contribution in [0, 0.1) is 0 Å². The normalized spacial score (nSPS) is 22.2. The van der Waals surface area contributed by atoms with Crippen LogP contribution >= 0.6 is 0 Å². The van der Waals surface area contributed by atoms with Gasteiger partial charge in [0, 0.05) is 37.1 Å². The highest BCUT2D eigenvalue weighted by molar-refractivity contribution is 6.04. The van der Waals surface area contributed by atoms with Crippen LogP contribution in [0.15, 0.2) is 42.5 Å². The molecule has 170 valence electrons. The monoisotopic (exact) mass is 435 g/mol. The van der Waals surface area contributed by atoms with E-state index in [2.05, 4.69) is 24.4 Å². The van der Waals surface area contributed by atoms with E-state index in [-0.39, 0.29) is 23.1 Å². The van der Waals surface area contributed by atoms with Crippen molar-refractivity contribution in [3.8, 4) is 5.75 Å². The molecule has 2 aromatic carbocycles. The summed E-state index contributed by atoms with van der Waals surface area (Å²) in [5.74, 6) is 0.741. The number of hydrogen-bond acceptors (Lipinski definition) is 5. The first-order valence-corrected chi connectivity index (χ1v) is 11.8. The summed E-state index contributed by atoms with van der Waals surface area (Å²) in [6.07, 6.45) is 3.46. The minimum atomic E-state index is -0.350. The summed E-state index contributed by atoms with van der Waals surface area (Å²) in [6, 6.07) is 14.0. The average molecular weight is 436 g/mol. The Kier molecular flexibility index (Phi) is 7.07. The maximum Gasteiger partial charge on any atom is 0.166 e. The molecule has 4 rings (SSSR count). The van der Waals surface area contributed by atoms with Crippen molar-refractivity contribution in [2.24, 2.45) is 0 Å². The Balaban J connectivity index is 1.64. The Morgan fingerprint density at radius 1 is 1.12 bits per heavy atom. The summed E-state index contributed by atoms with van der Waals surface area (Å²) in [7, 11) is 0. The second kappa shape index (κ2) is 9.97. The second-order valence-electron chi connectivity index (χ2n) is 8.78. The molecular weight excluding hydrogens is 402 g/mol. The first-order valence-electron chi connectivity index (χ1n) is 11.8. The topological polar surface area (TPSA) is 64.6 Å². The van der Waals surface area contributed by atoms with E-state index in [0.29, 0.717) is 36.3 Å². The predicted octanol–water partition coefficient (Wildman–Crippen LogP) is 4.71. The molecule has 2 heterocycles. The third kappa shape index (κ3) is 4.37. The van der Waals surface area contributed by atoms with Crippen molar-refractivity contribution in [3.63, 3.8) is 0 Å². The summed E-state index contributed by atoms with van der Waals surface area (Å²) in [5.41, 5.74) is 2.93. The van der Waals surface area contributed by atoms with Crippen LogP contribution in [0.4, 0.5) is 0 Å². The van der Waals surface area contributed by atoms with E-state index in [1.807, 2.05) is 31.2 Å². The van der Waals surface area contributed by atoms with Crippen LogP contribution in [-0.2, 0) is 10.2 Å². The van der Waals surface area contributed by atoms with E-state index in [4.69, 9.17) is 9.47 Å². The van der Waals surface area contributed by atoms with Gasteiger partial charge in [0.1, 0.15) is 12.4 Å². The molecule has 2 aliphatic heterocycles. The molecule has 0 spiro atoms. The number of rotatable bonds is 9. The molecule has 0 aliphatic carbocycles. The quantitative estimate of drug-likeness (QED) is 0.578. The van der Waals surface area contributed by atoms with Crippen molar-refractivity contribution >= 4 is 11.6 Å². The molecule has 0 radical (unpaired) electrons. The van der Waals surface area contributed by atoms with Crippen molar-refractivity contribution in [3.05, 3.63) is 64.7 Å². The molecule has 2 atom stereocenters. The van der Waals surface area contributed by atoms with E-state index in [1.165, 1.54) is 0 Å². The molecule has 1 N–H and O–H groups in total. The van der Waals surface area contributed by atoms with Crippen molar-refractivity contribution in [2.75, 3.05) is 26.3 Å². The first kappa shape index (κ1) is 22.7. The van der Waals surface area contributed by atoms with Gasteiger partial charge in [-0.15, -0.1) is 0 Å². The van der Waals surface area contributed by atoms with Crippen LogP contribution in [0.2, 0.25) is 0 Å². The van der Waals surface area contributed by atoms with Gasteiger partial charge in [0.2, 0.25) is 0 Å². The SMILES string of the molecule is CCC(=O)c1cc(C(=O)CCC[C@@H]2CNCCO2)cc2c1OCC2(CC)c1ccccc1. The highest BCUT2D eigenvalue weighted by Gasteiger charge is 2.43. The molecule has 0 aromatic heterocycles. The van der Waals surface area contributed by atoms with Gasteiger partial charge >= 0.3 is 0 Å². The Morgan fingerprint density at radius 2 is 1.94 bits per heavy atom. The third-order valence-corrected chi connectivity index (χ3v) is 6.88. The Hall–Kier alpha value is -2.50. The molecule has 1 unspecified atom stereocenters. The van der Waals surface area contributed by atoms with Gasteiger partial charge in [0.25, 0.3) is 0 Å². The lowest BCUT2D eigenvalue weighted by atomic mass is 9.73. The molecule has 0 amide bonds. The number of morpholine rings is 1. The molecule has 1 saturated heterocycles. The van der Waals surface area contributed by atoms with Gasteiger partial charge in [-0.25, -0.2) is 0 Å². The zero-order chi connectivity index (χ0) is 22.6. The summed E-state index contributed by atoms with van der Waals surface area (Å²) >= 11 is 0. The van der Waals surface area contributed by atoms with Crippen LogP contribution in [-0.4, -0.2) is 44.0 Å². The average Bonchev–Trinajstić information content (AvgIpc) is 3.24. The smallest absolute Gasteiger partial charge is 0.166 e. The van der Waals surface area contributed by atoms with E-state index >= 15 is 0 Å². The van der Waals surface area contributed by atoms with Gasteiger partial charge in [-0.3, -0.25) is 9.59 Å². The Labute approximate surface area is 190 Å². The number of hydrogen-bond donors (Lipinski definition) is 1. The van der Waals surface area contributed by atoms with Gasteiger partial charge in [-0.05, 0) is 37.0 Å². The van der Waals surface area contributed by atoms with Crippen LogP contribution in [0.3, 0.4) is 0 Å². The summed E-state index contributed by atoms with van der Waals surface area (Å²) < 4.78 is 11.9. The predicted molar refractivity (Wildman–Crippen MR) is 125 cm³/mol. The van der Waals surface area contributed by atoms with E-state index < -0.39 is 0 Å². The fourth-order valence-corrected chi connectivity index (χ4v) is 4.90. The number of ketones is 2. The molecule has 2 aliphatic rings. The molecule has 1 fully saturated rings. The number of Topliss-reactive ketones (excluding diaryl/α,β-unsaturated/α-hetero) is 2. The van der Waals surface area contributed by atoms with E-state index in [1.54, 1.807) is 6.07 Å². The molecule has 0 saturated carbocycles. The number of carbonyl (C=O) groups is 2. The molecular formula is C27H33NO4. The fraction of sp³-hybridized carbons (Fsp3) is 0.481. The molecule has 32 heavy (non-hydrogen) atoms. The molecule has 5 nitrogen and oxygen atoms in total. The lowest BCUT2D eigenvalue weighted by molar-refractivity contribution is 0.0222. The number of fused-ring (bicyclic) bond motifs is 1. The van der Waals surface area contributed by atoms with Crippen LogP contribution in [0.5, 0.6) is 5.75 Å². The fourth-order valence-electron chi connectivity index (χ4n) is 4.90. The maximum atomic E-state index is 13.2. The van der Waals surface area contributed by atoms with Crippen LogP contribution in [0.25, 0.3) is 0 Å². The van der Waals surface area contributed by atoms with Crippen molar-refractivity contribution in [1.29, 1.82) is 0 Å². The highest BCUT2D eigenvalue weighted by atomic mass is 16.5. The van der Waals surface area contributed by atoms with Gasteiger partial charge in [0.15, 0.2) is 11.6 Å². The number of nitrogens with one attached hydrogen (secondary N) is 1. The largest absolute Gasteiger partial charge is 0.491 e. The number of benzene rings is 2. The standard InChI is InChI=1S/C27H33NO4/c1-3-24(29)22-15-19(25(30)12-8-11-21-17-28-13-14-31-21)16-23-26(22)32-18-27(23,4-2)20-9-6-5-7-10-20/h5-7,9-10,15-16,21,28H,3-4,8,11-14,17-18H2,1-2H3/t21-,27?/m1/s1. The van der Waals surface area contributed by atoms with Crippen LogP contribution in [0.1, 0.15) is 77.8 Å². The molecule has 2 aromatic rings.